The van der Waals surface area contributed by atoms with E-state index in [1.54, 1.807) is 24.3 Å². The Morgan fingerprint density at radius 3 is 2.76 bits per heavy atom. The van der Waals surface area contributed by atoms with E-state index < -0.39 is 0 Å². The Hall–Kier alpha value is -1.75. The number of hydrogen-bond acceptors (Lipinski definition) is 3. The van der Waals surface area contributed by atoms with E-state index in [1.807, 2.05) is 4.90 Å². The molecule has 1 aliphatic rings. The monoisotopic (exact) mass is 292 g/mol. The normalized spacial score (nSPS) is 18.5. The van der Waals surface area contributed by atoms with Crippen LogP contribution >= 0.6 is 0 Å². The van der Waals surface area contributed by atoms with Gasteiger partial charge in [0.05, 0.1) is 0 Å². The second-order valence-electron chi connectivity index (χ2n) is 5.53. The summed E-state index contributed by atoms with van der Waals surface area (Å²) in [6.07, 6.45) is 4.82. The Balaban J connectivity index is 1.86. The van der Waals surface area contributed by atoms with Crippen LogP contribution in [0.25, 0.3) is 0 Å². The van der Waals surface area contributed by atoms with Gasteiger partial charge in [0.1, 0.15) is 5.75 Å². The summed E-state index contributed by atoms with van der Waals surface area (Å²) in [5, 5.41) is 21.1. The number of likely N-dealkylation sites (tertiary alicyclic amines) is 1. The first-order chi connectivity index (χ1) is 10.2. The minimum Gasteiger partial charge on any atom is -0.508 e. The molecule has 1 fully saturated rings. The van der Waals surface area contributed by atoms with Gasteiger partial charge < -0.3 is 20.4 Å². The number of amides is 2. The van der Waals surface area contributed by atoms with Crippen molar-refractivity contribution in [1.29, 1.82) is 0 Å². The summed E-state index contributed by atoms with van der Waals surface area (Å²) >= 11 is 0. The molecule has 0 radical (unpaired) electrons. The molecule has 0 aliphatic carbocycles. The van der Waals surface area contributed by atoms with Crippen LogP contribution in [0, 0.1) is 0 Å². The van der Waals surface area contributed by atoms with Crippen LogP contribution < -0.4 is 5.32 Å². The summed E-state index contributed by atoms with van der Waals surface area (Å²) in [5.74, 6) is 0.227. The SMILES string of the molecule is O=C(NCc1ccc(O)cc1)N1CCCC[C@H]1CCCO. The van der Waals surface area contributed by atoms with Gasteiger partial charge >= 0.3 is 6.03 Å². The van der Waals surface area contributed by atoms with E-state index in [1.165, 1.54) is 0 Å². The molecule has 0 bridgehead atoms. The minimum absolute atomic E-state index is 0.0364. The van der Waals surface area contributed by atoms with Crippen molar-refractivity contribution < 1.29 is 15.0 Å². The fraction of sp³-hybridized carbons (Fsp3) is 0.562. The van der Waals surface area contributed by atoms with Crippen LogP contribution in [0.1, 0.15) is 37.7 Å². The third-order valence-electron chi connectivity index (χ3n) is 3.96. The Bertz CT molecular complexity index is 447. The van der Waals surface area contributed by atoms with E-state index in [2.05, 4.69) is 5.32 Å². The van der Waals surface area contributed by atoms with Crippen LogP contribution in [0.3, 0.4) is 0 Å². The zero-order valence-corrected chi connectivity index (χ0v) is 12.3. The van der Waals surface area contributed by atoms with E-state index >= 15 is 0 Å². The van der Waals surface area contributed by atoms with Crippen LogP contribution in [0.4, 0.5) is 4.79 Å². The number of nitrogens with one attached hydrogen (secondary N) is 1. The zero-order valence-electron chi connectivity index (χ0n) is 12.3. The molecule has 1 aromatic carbocycles. The summed E-state index contributed by atoms with van der Waals surface area (Å²) in [6, 6.07) is 7.04. The number of urea groups is 1. The topological polar surface area (TPSA) is 72.8 Å². The molecule has 0 unspecified atom stereocenters. The molecular weight excluding hydrogens is 268 g/mol. The molecule has 2 rings (SSSR count). The van der Waals surface area contributed by atoms with Gasteiger partial charge in [0, 0.05) is 25.7 Å². The highest BCUT2D eigenvalue weighted by Crippen LogP contribution is 2.21. The van der Waals surface area contributed by atoms with Gasteiger partial charge in [-0.1, -0.05) is 12.1 Å². The van der Waals surface area contributed by atoms with Crippen LogP contribution in [-0.2, 0) is 6.54 Å². The average Bonchev–Trinajstić information content (AvgIpc) is 2.52. The first kappa shape index (κ1) is 15.6. The smallest absolute Gasteiger partial charge is 0.317 e. The van der Waals surface area contributed by atoms with Crippen LogP contribution in [-0.4, -0.2) is 40.3 Å². The van der Waals surface area contributed by atoms with Crippen molar-refractivity contribution in [3.63, 3.8) is 0 Å². The lowest BCUT2D eigenvalue weighted by molar-refractivity contribution is 0.140. The van der Waals surface area contributed by atoms with Gasteiger partial charge in [0.15, 0.2) is 0 Å². The van der Waals surface area contributed by atoms with Gasteiger partial charge in [0.25, 0.3) is 0 Å². The summed E-state index contributed by atoms with van der Waals surface area (Å²) in [6.45, 7) is 1.43. The quantitative estimate of drug-likeness (QED) is 0.779. The maximum absolute atomic E-state index is 12.3. The fourth-order valence-electron chi connectivity index (χ4n) is 2.79. The number of nitrogens with zero attached hydrogens (tertiary/aromatic N) is 1. The number of benzene rings is 1. The van der Waals surface area contributed by atoms with E-state index in [9.17, 15) is 9.90 Å². The summed E-state index contributed by atoms with van der Waals surface area (Å²) in [7, 11) is 0. The molecule has 1 heterocycles. The predicted molar refractivity (Wildman–Crippen MR) is 81.0 cm³/mol. The molecule has 0 aromatic heterocycles. The van der Waals surface area contributed by atoms with Crippen molar-refractivity contribution >= 4 is 6.03 Å². The molecule has 0 spiro atoms. The molecule has 5 nitrogen and oxygen atoms in total. The van der Waals surface area contributed by atoms with E-state index in [-0.39, 0.29) is 24.4 Å². The first-order valence-electron chi connectivity index (χ1n) is 7.64. The van der Waals surface area contributed by atoms with E-state index in [4.69, 9.17) is 5.11 Å². The molecule has 116 valence electrons. The Morgan fingerprint density at radius 2 is 2.05 bits per heavy atom. The molecule has 5 heteroatoms. The Morgan fingerprint density at radius 1 is 1.29 bits per heavy atom. The number of aromatic hydroxyl groups is 1. The third-order valence-corrected chi connectivity index (χ3v) is 3.96. The lowest BCUT2D eigenvalue weighted by atomic mass is 9.98. The van der Waals surface area contributed by atoms with Gasteiger partial charge in [-0.2, -0.15) is 0 Å². The highest BCUT2D eigenvalue weighted by Gasteiger charge is 2.25. The van der Waals surface area contributed by atoms with Gasteiger partial charge in [-0.25, -0.2) is 4.79 Å². The number of phenols is 1. The Kier molecular flexibility index (Phi) is 5.87. The van der Waals surface area contributed by atoms with Gasteiger partial charge in [0.2, 0.25) is 0 Å². The van der Waals surface area contributed by atoms with E-state index in [0.717, 1.165) is 44.2 Å². The van der Waals surface area contributed by atoms with Crippen molar-refractivity contribution in [3.05, 3.63) is 29.8 Å². The summed E-state index contributed by atoms with van der Waals surface area (Å²) in [4.78, 5) is 14.2. The number of hydrogen-bond donors (Lipinski definition) is 3. The molecule has 1 saturated heterocycles. The largest absolute Gasteiger partial charge is 0.508 e. The predicted octanol–water partition coefficient (Wildman–Crippen LogP) is 2.23. The van der Waals surface area contributed by atoms with Crippen LogP contribution in [0.5, 0.6) is 5.75 Å². The first-order valence-corrected chi connectivity index (χ1v) is 7.64. The molecule has 3 N–H and O–H groups in total. The van der Waals surface area contributed by atoms with Crippen LogP contribution in [0.15, 0.2) is 24.3 Å². The lowest BCUT2D eigenvalue weighted by Gasteiger charge is -2.35. The van der Waals surface area contributed by atoms with Gasteiger partial charge in [-0.15, -0.1) is 0 Å². The molecule has 1 aromatic rings. The van der Waals surface area contributed by atoms with Crippen molar-refractivity contribution in [2.45, 2.75) is 44.7 Å². The highest BCUT2D eigenvalue weighted by molar-refractivity contribution is 5.74. The minimum atomic E-state index is -0.0364. The molecule has 2 amide bonds. The molecule has 1 atom stereocenters. The van der Waals surface area contributed by atoms with Crippen molar-refractivity contribution in [2.75, 3.05) is 13.2 Å². The summed E-state index contributed by atoms with van der Waals surface area (Å²) < 4.78 is 0. The standard InChI is InChI=1S/C16H24N2O3/c19-11-3-5-14-4-1-2-10-18(14)16(21)17-12-13-6-8-15(20)9-7-13/h6-9,14,19-20H,1-5,10-12H2,(H,17,21)/t14-/m0/s1. The number of carbonyl (C=O) groups is 1. The lowest BCUT2D eigenvalue weighted by Crippen LogP contribution is -2.48. The molecule has 1 aliphatic heterocycles. The van der Waals surface area contributed by atoms with Gasteiger partial charge in [-0.3, -0.25) is 0 Å². The highest BCUT2D eigenvalue weighted by atomic mass is 16.3. The molecular formula is C16H24N2O3. The van der Waals surface area contributed by atoms with Crippen molar-refractivity contribution in [1.82, 2.24) is 10.2 Å². The van der Waals surface area contributed by atoms with E-state index in [0.29, 0.717) is 6.54 Å². The number of phenolic OH excluding ortho intramolecular Hbond substituents is 1. The number of rotatable bonds is 5. The number of piperidine rings is 1. The van der Waals surface area contributed by atoms with Crippen molar-refractivity contribution in [2.24, 2.45) is 0 Å². The second kappa shape index (κ2) is 7.88. The molecule has 21 heavy (non-hydrogen) atoms. The van der Waals surface area contributed by atoms with Gasteiger partial charge in [-0.05, 0) is 49.8 Å². The number of carbonyl (C=O) groups excluding carboxylic acids is 1. The second-order valence-corrected chi connectivity index (χ2v) is 5.53. The summed E-state index contributed by atoms with van der Waals surface area (Å²) in [5.41, 5.74) is 0.963. The Labute approximate surface area is 125 Å². The maximum Gasteiger partial charge on any atom is 0.317 e. The number of aliphatic hydroxyl groups excluding tert-OH is 1. The molecule has 0 saturated carbocycles. The van der Waals surface area contributed by atoms with Crippen LogP contribution in [0.2, 0.25) is 0 Å². The number of aliphatic hydroxyl groups is 1. The maximum atomic E-state index is 12.3. The zero-order chi connectivity index (χ0) is 15.1. The average molecular weight is 292 g/mol. The van der Waals surface area contributed by atoms with Crippen molar-refractivity contribution in [3.8, 4) is 5.75 Å². The third kappa shape index (κ3) is 4.63. The fourth-order valence-corrected chi connectivity index (χ4v) is 2.79.